The van der Waals surface area contributed by atoms with Gasteiger partial charge in [0.25, 0.3) is 0 Å². The van der Waals surface area contributed by atoms with E-state index in [2.05, 4.69) is 111 Å². The highest BCUT2D eigenvalue weighted by Gasteiger charge is 2.42. The highest BCUT2D eigenvalue weighted by atomic mass is 31.1. The maximum Gasteiger partial charge on any atom is 0.213 e. The van der Waals surface area contributed by atoms with Crippen LogP contribution in [0.15, 0.2) is 67.0 Å². The number of aryl methyl sites for hydroxylation is 1. The lowest BCUT2D eigenvalue weighted by Crippen LogP contribution is -2.33. The third-order valence-electron chi connectivity index (χ3n) is 8.70. The molecule has 0 radical (unpaired) electrons. The van der Waals surface area contributed by atoms with Crippen LogP contribution in [0, 0.1) is 5.92 Å². The fraction of sp³-hybridized carbons (Fsp3) is 0.250. The van der Waals surface area contributed by atoms with Crippen molar-refractivity contribution in [3.8, 4) is 22.4 Å². The van der Waals surface area contributed by atoms with E-state index in [1.165, 1.54) is 50.0 Å². The first kappa shape index (κ1) is 20.1. The molecular formula is C32H30N2P+. The van der Waals surface area contributed by atoms with Crippen molar-refractivity contribution in [2.75, 3.05) is 4.90 Å². The molecule has 172 valence electrons. The summed E-state index contributed by atoms with van der Waals surface area (Å²) in [6.45, 7) is 9.34. The van der Waals surface area contributed by atoms with Crippen molar-refractivity contribution < 1.29 is 4.57 Å². The number of hydrogen-bond donors (Lipinski definition) is 0. The molecule has 3 heteroatoms. The van der Waals surface area contributed by atoms with Crippen LogP contribution in [0.5, 0.6) is 0 Å². The van der Waals surface area contributed by atoms with Crippen LogP contribution in [-0.2, 0) is 18.9 Å². The number of pyridine rings is 1. The molecule has 0 spiro atoms. The Morgan fingerprint density at radius 3 is 2.54 bits per heavy atom. The summed E-state index contributed by atoms with van der Waals surface area (Å²) in [7, 11) is 1.11. The molecule has 4 aromatic rings. The summed E-state index contributed by atoms with van der Waals surface area (Å²) in [4.78, 5) is 2.55. The van der Waals surface area contributed by atoms with Gasteiger partial charge in [0, 0.05) is 40.3 Å². The normalized spacial score (nSPS) is 20.4. The summed E-state index contributed by atoms with van der Waals surface area (Å²) >= 11 is 0. The summed E-state index contributed by atoms with van der Waals surface area (Å²) in [5, 5.41) is 6.20. The summed E-state index contributed by atoms with van der Waals surface area (Å²) in [6.07, 6.45) is 8.07. The molecule has 4 heterocycles. The van der Waals surface area contributed by atoms with E-state index in [9.17, 15) is 0 Å². The highest BCUT2D eigenvalue weighted by molar-refractivity contribution is 7.76. The molecule has 0 fully saturated rings. The lowest BCUT2D eigenvalue weighted by atomic mass is 9.86. The maximum atomic E-state index is 2.55. The Labute approximate surface area is 207 Å². The second-order valence-electron chi connectivity index (χ2n) is 11.8. The zero-order valence-corrected chi connectivity index (χ0v) is 22.0. The molecule has 3 aliphatic heterocycles. The van der Waals surface area contributed by atoms with E-state index >= 15 is 0 Å². The molecule has 0 saturated heterocycles. The van der Waals surface area contributed by atoms with Gasteiger partial charge in [-0.15, -0.1) is 0 Å². The van der Waals surface area contributed by atoms with Crippen LogP contribution in [0.4, 0.5) is 5.69 Å². The number of aromatic nitrogens is 1. The molecule has 0 bridgehead atoms. The van der Waals surface area contributed by atoms with E-state index in [4.69, 9.17) is 0 Å². The van der Waals surface area contributed by atoms with Crippen LogP contribution in [0.3, 0.4) is 0 Å². The number of rotatable bonds is 1. The molecule has 8 rings (SSSR count). The Morgan fingerprint density at radius 1 is 0.943 bits per heavy atom. The first-order chi connectivity index (χ1) is 16.8. The number of hydrogen-bond acceptors (Lipinski definition) is 1. The number of anilines is 1. The first-order valence-electron chi connectivity index (χ1n) is 12.8. The Balaban J connectivity index is 1.57. The quantitative estimate of drug-likeness (QED) is 0.217. The fourth-order valence-electron chi connectivity index (χ4n) is 6.94. The van der Waals surface area contributed by atoms with Crippen molar-refractivity contribution >= 4 is 40.0 Å². The van der Waals surface area contributed by atoms with E-state index in [0.717, 1.165) is 6.42 Å². The van der Waals surface area contributed by atoms with E-state index < -0.39 is 7.55 Å². The minimum Gasteiger partial charge on any atom is -0.320 e. The van der Waals surface area contributed by atoms with Crippen LogP contribution < -0.4 is 20.1 Å². The van der Waals surface area contributed by atoms with Gasteiger partial charge in [-0.3, -0.25) is 0 Å². The largest absolute Gasteiger partial charge is 0.320 e. The van der Waals surface area contributed by atoms with Gasteiger partial charge in [-0.05, 0) is 70.1 Å². The Morgan fingerprint density at radius 2 is 1.71 bits per heavy atom. The lowest BCUT2D eigenvalue weighted by Gasteiger charge is -2.26. The smallest absolute Gasteiger partial charge is 0.213 e. The third kappa shape index (κ3) is 2.39. The van der Waals surface area contributed by atoms with Gasteiger partial charge in [0.15, 0.2) is 6.20 Å². The predicted molar refractivity (Wildman–Crippen MR) is 151 cm³/mol. The van der Waals surface area contributed by atoms with Crippen LogP contribution >= 0.6 is 7.55 Å². The average Bonchev–Trinajstić information content (AvgIpc) is 3.49. The predicted octanol–water partition coefficient (Wildman–Crippen LogP) is 5.79. The summed E-state index contributed by atoms with van der Waals surface area (Å²) in [6, 6.07) is 19.1. The van der Waals surface area contributed by atoms with Crippen molar-refractivity contribution in [1.82, 2.24) is 0 Å². The van der Waals surface area contributed by atoms with Gasteiger partial charge in [0.05, 0.1) is 11.3 Å². The van der Waals surface area contributed by atoms with Crippen LogP contribution in [0.25, 0.3) is 33.2 Å². The summed E-state index contributed by atoms with van der Waals surface area (Å²) in [5.74, 6) is 0.482. The van der Waals surface area contributed by atoms with Gasteiger partial charge < -0.3 is 4.90 Å². The molecule has 2 nitrogen and oxygen atoms in total. The number of benzene rings is 3. The third-order valence-corrected chi connectivity index (χ3v) is 11.9. The van der Waals surface area contributed by atoms with Crippen molar-refractivity contribution in [1.29, 1.82) is 0 Å². The van der Waals surface area contributed by atoms with Gasteiger partial charge in [0.1, 0.15) is 7.05 Å². The molecule has 0 amide bonds. The van der Waals surface area contributed by atoms with E-state index in [1.807, 2.05) is 0 Å². The SMILES string of the molecule is CC1C=CN2C1=[PH]1c3c2ccc2c3-c3c(ccc4ccc(-c5cc(C(C)(C)C)cc[n+]5C)c1c34)C2. The second-order valence-corrected chi connectivity index (χ2v) is 14.0. The van der Waals surface area contributed by atoms with E-state index in [1.54, 1.807) is 21.6 Å². The van der Waals surface area contributed by atoms with Crippen molar-refractivity contribution in [2.24, 2.45) is 13.0 Å². The molecule has 1 aliphatic carbocycles. The monoisotopic (exact) mass is 473 g/mol. The first-order valence-corrected chi connectivity index (χ1v) is 14.3. The number of fused-ring (bicyclic) bond motifs is 3. The molecule has 1 aromatic heterocycles. The standard InChI is InChI=1S/C32H30N2P/c1-18-12-15-34-24-11-9-21-16-20-7-6-19-8-10-23(25-17-22(32(2,3)4)13-14-33(25)5)29-27(19)26(20)28(21)30(24)35(29)31(18)34/h6-15,17-18,35H,16H2,1-5H3/q+1. The van der Waals surface area contributed by atoms with Crippen molar-refractivity contribution in [3.63, 3.8) is 0 Å². The maximum absolute atomic E-state index is 2.55. The molecule has 4 aliphatic rings. The summed E-state index contributed by atoms with van der Waals surface area (Å²) < 4.78 is 2.33. The molecule has 3 aromatic carbocycles. The van der Waals surface area contributed by atoms with Gasteiger partial charge in [0.2, 0.25) is 5.69 Å². The lowest BCUT2D eigenvalue weighted by molar-refractivity contribution is -0.660. The van der Waals surface area contributed by atoms with Crippen molar-refractivity contribution in [2.45, 2.75) is 39.5 Å². The van der Waals surface area contributed by atoms with Gasteiger partial charge in [-0.1, -0.05) is 58.0 Å². The molecule has 0 N–H and O–H groups in total. The Bertz CT molecular complexity index is 1730. The van der Waals surface area contributed by atoms with Crippen LogP contribution in [0.2, 0.25) is 0 Å². The minimum absolute atomic E-state index is 0.115. The fourth-order valence-corrected chi connectivity index (χ4v) is 10.7. The number of nitrogens with zero attached hydrogens (tertiary/aromatic N) is 2. The van der Waals surface area contributed by atoms with E-state index in [0.29, 0.717) is 5.92 Å². The van der Waals surface area contributed by atoms with Gasteiger partial charge in [-0.25, -0.2) is 4.57 Å². The Kier molecular flexibility index (Phi) is 3.66. The van der Waals surface area contributed by atoms with Crippen LogP contribution in [-0.4, -0.2) is 5.42 Å². The molecule has 2 atom stereocenters. The Hall–Kier alpha value is -3.09. The minimum atomic E-state index is -1.10. The van der Waals surface area contributed by atoms with Gasteiger partial charge >= 0.3 is 0 Å². The second kappa shape index (κ2) is 6.37. The topological polar surface area (TPSA) is 7.12 Å². The zero-order valence-electron chi connectivity index (χ0n) is 21.0. The van der Waals surface area contributed by atoms with Gasteiger partial charge in [-0.2, -0.15) is 0 Å². The molecular weight excluding hydrogens is 443 g/mol. The molecule has 2 unspecified atom stereocenters. The van der Waals surface area contributed by atoms with Crippen LogP contribution in [0.1, 0.15) is 44.4 Å². The van der Waals surface area contributed by atoms with Crippen molar-refractivity contribution in [3.05, 3.63) is 83.7 Å². The van der Waals surface area contributed by atoms with E-state index in [-0.39, 0.29) is 5.41 Å². The zero-order chi connectivity index (χ0) is 23.8. The average molecular weight is 474 g/mol. The molecule has 35 heavy (non-hydrogen) atoms. The highest BCUT2D eigenvalue weighted by Crippen LogP contribution is 2.56. The molecule has 0 saturated carbocycles. The summed E-state index contributed by atoms with van der Waals surface area (Å²) in [5.41, 5.74) is 13.5.